The fourth-order valence-electron chi connectivity index (χ4n) is 3.29. The Morgan fingerprint density at radius 2 is 1.85 bits per heavy atom. The van der Waals surface area contributed by atoms with Crippen LogP contribution in [0.15, 0.2) is 51.4 Å². The van der Waals surface area contributed by atoms with Crippen LogP contribution in [-0.2, 0) is 12.8 Å². The van der Waals surface area contributed by atoms with E-state index in [1.807, 2.05) is 0 Å². The van der Waals surface area contributed by atoms with Gasteiger partial charge in [-0.3, -0.25) is 4.79 Å². The lowest BCUT2D eigenvalue weighted by Gasteiger charge is -2.14. The molecule has 0 radical (unpaired) electrons. The number of aromatic amines is 1. The molecule has 4 aromatic rings. The van der Waals surface area contributed by atoms with E-state index >= 15 is 0 Å². The van der Waals surface area contributed by atoms with Crippen LogP contribution in [0, 0.1) is 11.6 Å². The van der Waals surface area contributed by atoms with Crippen molar-refractivity contribution in [2.24, 2.45) is 0 Å². The maximum atomic E-state index is 14.6. The minimum atomic E-state index is -4.78. The number of halogens is 5. The molecule has 0 unspecified atom stereocenters. The van der Waals surface area contributed by atoms with Crippen molar-refractivity contribution in [3.05, 3.63) is 90.3 Å². The van der Waals surface area contributed by atoms with Crippen molar-refractivity contribution in [2.45, 2.75) is 12.8 Å². The van der Waals surface area contributed by atoms with Gasteiger partial charge in [0.2, 0.25) is 0 Å². The molecule has 0 spiro atoms. The maximum absolute atomic E-state index is 14.6. The molecule has 2 aromatic carbocycles. The number of nitrogens with zero attached hydrogens (tertiary/aromatic N) is 1. The van der Waals surface area contributed by atoms with Crippen LogP contribution in [0.4, 0.5) is 22.0 Å². The van der Waals surface area contributed by atoms with E-state index in [9.17, 15) is 41.4 Å². The van der Waals surface area contributed by atoms with Crippen molar-refractivity contribution in [2.75, 3.05) is 0 Å². The van der Waals surface area contributed by atoms with Crippen LogP contribution in [-0.4, -0.2) is 20.6 Å². The Morgan fingerprint density at radius 1 is 1.12 bits per heavy atom. The second kappa shape index (κ2) is 8.41. The first-order valence-electron chi connectivity index (χ1n) is 9.25. The van der Waals surface area contributed by atoms with E-state index in [1.54, 1.807) is 0 Å². The lowest BCUT2D eigenvalue weighted by Crippen LogP contribution is -2.34. The average molecular weight is 498 g/mol. The Morgan fingerprint density at radius 3 is 2.53 bits per heavy atom. The van der Waals surface area contributed by atoms with Gasteiger partial charge in [-0.25, -0.2) is 22.9 Å². The first kappa shape index (κ1) is 23.2. The molecule has 0 amide bonds. The van der Waals surface area contributed by atoms with Gasteiger partial charge in [-0.2, -0.15) is 13.2 Å². The molecule has 0 aliphatic rings. The highest BCUT2D eigenvalue weighted by Crippen LogP contribution is 2.33. The number of hydrogen-bond acceptors (Lipinski definition) is 5. The van der Waals surface area contributed by atoms with Gasteiger partial charge in [-0.1, -0.05) is 0 Å². The van der Waals surface area contributed by atoms with E-state index in [2.05, 4.69) is 4.98 Å². The summed E-state index contributed by atoms with van der Waals surface area (Å²) in [5, 5.41) is 10.2. The van der Waals surface area contributed by atoms with E-state index < -0.39 is 58.5 Å². The van der Waals surface area contributed by atoms with E-state index in [0.29, 0.717) is 34.1 Å². The molecule has 0 saturated heterocycles. The number of carboxylic acid groups (broad SMARTS) is 1. The van der Waals surface area contributed by atoms with Crippen LogP contribution >= 0.6 is 11.3 Å². The quantitative estimate of drug-likeness (QED) is 0.400. The number of fused-ring (bicyclic) bond motifs is 1. The van der Waals surface area contributed by atoms with Crippen molar-refractivity contribution in [1.29, 1.82) is 0 Å². The van der Waals surface area contributed by atoms with E-state index in [4.69, 9.17) is 4.74 Å². The zero-order chi connectivity index (χ0) is 24.8. The molecule has 0 fully saturated rings. The number of nitrogens with one attached hydrogen (secondary N) is 1. The summed E-state index contributed by atoms with van der Waals surface area (Å²) < 4.78 is 73.2. The number of alkyl halides is 3. The summed E-state index contributed by atoms with van der Waals surface area (Å²) >= 11 is 0.691. The zero-order valence-corrected chi connectivity index (χ0v) is 17.4. The Hall–Kier alpha value is -4.00. The highest BCUT2D eigenvalue weighted by Gasteiger charge is 2.33. The minimum Gasteiger partial charge on any atom is -0.489 e. The third kappa shape index (κ3) is 4.17. The standard InChI is InChI=1S/C21H11F5N2O5S/c22-10-1-3-12(21(24,25)26)9(5-10)7-33-11-2-4-13(23)15(6-11)28-18(29)16-14(27-20(28)32)8-34-17(16)19(30)31/h1-6,8H,7H2,(H,27,32)(H,30,31). The summed E-state index contributed by atoms with van der Waals surface area (Å²) in [5.74, 6) is -3.65. The SMILES string of the molecule is O=C(O)c1scc2[nH]c(=O)n(-c3cc(OCc4cc(F)ccc4C(F)(F)F)ccc3F)c(=O)c12. The number of aromatic carboxylic acids is 1. The molecule has 2 N–H and O–H groups in total. The predicted molar refractivity (Wildman–Crippen MR) is 111 cm³/mol. The second-order valence-electron chi connectivity index (χ2n) is 6.93. The lowest BCUT2D eigenvalue weighted by molar-refractivity contribution is -0.138. The molecule has 0 aliphatic heterocycles. The van der Waals surface area contributed by atoms with Crippen molar-refractivity contribution < 1.29 is 36.6 Å². The van der Waals surface area contributed by atoms with Crippen molar-refractivity contribution in [3.63, 3.8) is 0 Å². The summed E-state index contributed by atoms with van der Waals surface area (Å²) in [6.07, 6.45) is -4.78. The highest BCUT2D eigenvalue weighted by atomic mass is 32.1. The topological polar surface area (TPSA) is 101 Å². The average Bonchev–Trinajstić information content (AvgIpc) is 3.17. The largest absolute Gasteiger partial charge is 0.489 e. The Bertz CT molecular complexity index is 1550. The molecule has 0 bridgehead atoms. The second-order valence-corrected chi connectivity index (χ2v) is 7.81. The van der Waals surface area contributed by atoms with Gasteiger partial charge in [-0.15, -0.1) is 11.3 Å². The smallest absolute Gasteiger partial charge is 0.416 e. The van der Waals surface area contributed by atoms with Crippen molar-refractivity contribution in [3.8, 4) is 11.4 Å². The number of rotatable bonds is 5. The van der Waals surface area contributed by atoms with Crippen molar-refractivity contribution in [1.82, 2.24) is 9.55 Å². The third-order valence-electron chi connectivity index (χ3n) is 4.77. The van der Waals surface area contributed by atoms with Gasteiger partial charge in [-0.05, 0) is 30.3 Å². The van der Waals surface area contributed by atoms with Crippen LogP contribution in [0.3, 0.4) is 0 Å². The number of benzene rings is 2. The Kier molecular flexibility index (Phi) is 5.73. The van der Waals surface area contributed by atoms with Gasteiger partial charge in [0, 0.05) is 17.0 Å². The van der Waals surface area contributed by atoms with Gasteiger partial charge in [0.1, 0.15) is 28.9 Å². The normalized spacial score (nSPS) is 11.7. The summed E-state index contributed by atoms with van der Waals surface area (Å²) in [6, 6.07) is 4.57. The molecular weight excluding hydrogens is 487 g/mol. The van der Waals surface area contributed by atoms with Crippen LogP contribution in [0.5, 0.6) is 5.75 Å². The molecule has 4 rings (SSSR count). The van der Waals surface area contributed by atoms with E-state index in [0.717, 1.165) is 18.2 Å². The van der Waals surface area contributed by atoms with E-state index in [1.165, 1.54) is 5.38 Å². The molecule has 2 heterocycles. The molecule has 13 heteroatoms. The molecule has 0 aliphatic carbocycles. The first-order chi connectivity index (χ1) is 16.0. The van der Waals surface area contributed by atoms with Gasteiger partial charge in [0.25, 0.3) is 5.56 Å². The predicted octanol–water partition coefficient (Wildman–Crippen LogP) is 4.31. The van der Waals surface area contributed by atoms with E-state index in [-0.39, 0.29) is 21.5 Å². The van der Waals surface area contributed by atoms with Crippen molar-refractivity contribution >= 4 is 28.2 Å². The highest BCUT2D eigenvalue weighted by molar-refractivity contribution is 7.13. The lowest BCUT2D eigenvalue weighted by atomic mass is 10.1. The monoisotopic (exact) mass is 498 g/mol. The third-order valence-corrected chi connectivity index (χ3v) is 5.74. The van der Waals surface area contributed by atoms with Gasteiger partial charge >= 0.3 is 17.8 Å². The summed E-state index contributed by atoms with van der Waals surface area (Å²) in [7, 11) is 0. The van der Waals surface area contributed by atoms with Gasteiger partial charge in [0.05, 0.1) is 22.2 Å². The zero-order valence-electron chi connectivity index (χ0n) is 16.6. The molecule has 7 nitrogen and oxygen atoms in total. The molecular formula is C21H11F5N2O5S. The number of ether oxygens (including phenoxy) is 1. The van der Waals surface area contributed by atoms with Crippen LogP contribution in [0.25, 0.3) is 16.6 Å². The number of H-pyrrole nitrogens is 1. The molecule has 0 atom stereocenters. The number of aromatic nitrogens is 2. The number of hydrogen-bond donors (Lipinski definition) is 2. The fourth-order valence-corrected chi connectivity index (χ4v) is 4.11. The Labute approximate surface area is 189 Å². The molecule has 34 heavy (non-hydrogen) atoms. The molecule has 2 aromatic heterocycles. The van der Waals surface area contributed by atoms with Crippen LogP contribution in [0.2, 0.25) is 0 Å². The summed E-state index contributed by atoms with van der Waals surface area (Å²) in [5.41, 5.74) is -4.52. The van der Waals surface area contributed by atoms with Gasteiger partial charge < -0.3 is 14.8 Å². The summed E-state index contributed by atoms with van der Waals surface area (Å²) in [4.78, 5) is 38.7. The van der Waals surface area contributed by atoms with Crippen LogP contribution < -0.4 is 16.0 Å². The number of carbonyl (C=O) groups is 1. The number of carboxylic acids is 1. The molecule has 176 valence electrons. The van der Waals surface area contributed by atoms with Crippen LogP contribution in [0.1, 0.15) is 20.8 Å². The minimum absolute atomic E-state index is 0.0488. The molecule has 0 saturated carbocycles. The summed E-state index contributed by atoms with van der Waals surface area (Å²) in [6.45, 7) is -0.754. The Balaban J connectivity index is 1.77. The maximum Gasteiger partial charge on any atom is 0.416 e. The first-order valence-corrected chi connectivity index (χ1v) is 10.1. The fraction of sp³-hybridized carbons (Fsp3) is 0.0952. The number of thiophene rings is 1. The van der Waals surface area contributed by atoms with Gasteiger partial charge in [0.15, 0.2) is 0 Å².